The number of nitrogens with one attached hydrogen (secondary N) is 1. The molecule has 0 amide bonds. The van der Waals surface area contributed by atoms with E-state index in [1.54, 1.807) is 11.3 Å². The molecule has 0 aliphatic carbocycles. The molecule has 6 nitrogen and oxygen atoms in total. The standard InChI is InChI=1S/C21H29N5OS/c1-5-15(6-2)26-12-23-19-20(26)24-14(4)17(25-19)18-13(3)11-16(28-18)21(27)7-9-22-10-8-21/h11-12,15,22,27H,5-10H2,1-4H3. The molecule has 0 radical (unpaired) electrons. The lowest BCUT2D eigenvalue weighted by Gasteiger charge is -2.31. The summed E-state index contributed by atoms with van der Waals surface area (Å²) in [6, 6.07) is 2.52. The Labute approximate surface area is 170 Å². The molecule has 1 aliphatic rings. The van der Waals surface area contributed by atoms with Crippen molar-refractivity contribution in [3.63, 3.8) is 0 Å². The van der Waals surface area contributed by atoms with Crippen molar-refractivity contribution < 1.29 is 5.11 Å². The third-order valence-electron chi connectivity index (χ3n) is 5.94. The lowest BCUT2D eigenvalue weighted by molar-refractivity contribution is 0.00941. The molecule has 1 saturated heterocycles. The zero-order valence-corrected chi connectivity index (χ0v) is 17.9. The van der Waals surface area contributed by atoms with Crippen LogP contribution in [0.2, 0.25) is 0 Å². The van der Waals surface area contributed by atoms with Gasteiger partial charge < -0.3 is 15.0 Å². The Hall–Kier alpha value is -1.83. The maximum Gasteiger partial charge on any atom is 0.198 e. The van der Waals surface area contributed by atoms with Gasteiger partial charge >= 0.3 is 0 Å². The van der Waals surface area contributed by atoms with Gasteiger partial charge in [-0.25, -0.2) is 15.0 Å². The first-order valence-electron chi connectivity index (χ1n) is 10.2. The van der Waals surface area contributed by atoms with Crippen molar-refractivity contribution >= 4 is 22.6 Å². The molecule has 0 unspecified atom stereocenters. The molecular formula is C21H29N5OS. The average molecular weight is 400 g/mol. The van der Waals surface area contributed by atoms with Crippen molar-refractivity contribution in [2.24, 2.45) is 0 Å². The summed E-state index contributed by atoms with van der Waals surface area (Å²) in [6.45, 7) is 10.2. The van der Waals surface area contributed by atoms with Crippen LogP contribution in [0.5, 0.6) is 0 Å². The minimum atomic E-state index is -0.735. The van der Waals surface area contributed by atoms with Gasteiger partial charge in [0.2, 0.25) is 0 Å². The number of imidazole rings is 1. The lowest BCUT2D eigenvalue weighted by atomic mass is 9.90. The van der Waals surface area contributed by atoms with Crippen molar-refractivity contribution in [1.29, 1.82) is 0 Å². The number of fused-ring (bicyclic) bond motifs is 1. The summed E-state index contributed by atoms with van der Waals surface area (Å²) in [5.74, 6) is 0. The number of aryl methyl sites for hydroxylation is 2. The maximum atomic E-state index is 11.1. The first-order valence-corrected chi connectivity index (χ1v) is 11.0. The highest BCUT2D eigenvalue weighted by Gasteiger charge is 2.33. The highest BCUT2D eigenvalue weighted by atomic mass is 32.1. The van der Waals surface area contributed by atoms with Crippen LogP contribution in [0.3, 0.4) is 0 Å². The zero-order valence-electron chi connectivity index (χ0n) is 17.1. The van der Waals surface area contributed by atoms with E-state index in [0.29, 0.717) is 11.7 Å². The molecule has 28 heavy (non-hydrogen) atoms. The summed E-state index contributed by atoms with van der Waals surface area (Å²) >= 11 is 1.65. The fraction of sp³-hybridized carbons (Fsp3) is 0.571. The minimum Gasteiger partial charge on any atom is -0.384 e. The van der Waals surface area contributed by atoms with Crippen LogP contribution in [0, 0.1) is 13.8 Å². The fourth-order valence-corrected chi connectivity index (χ4v) is 5.49. The molecule has 3 aromatic rings. The highest BCUT2D eigenvalue weighted by Crippen LogP contribution is 2.41. The molecule has 0 atom stereocenters. The molecular weight excluding hydrogens is 370 g/mol. The van der Waals surface area contributed by atoms with E-state index < -0.39 is 5.60 Å². The molecule has 1 fully saturated rings. The molecule has 1 aliphatic heterocycles. The normalized spacial score (nSPS) is 16.9. The SMILES string of the molecule is CCC(CC)n1cnc2nc(-c3sc(C4(O)CCNCC4)cc3C)c(C)nc21. The van der Waals surface area contributed by atoms with Gasteiger partial charge in [0, 0.05) is 10.9 Å². The number of hydrogen-bond acceptors (Lipinski definition) is 6. The topological polar surface area (TPSA) is 75.9 Å². The Balaban J connectivity index is 1.76. The van der Waals surface area contributed by atoms with Crippen molar-refractivity contribution in [3.05, 3.63) is 28.5 Å². The third kappa shape index (κ3) is 3.25. The van der Waals surface area contributed by atoms with E-state index in [4.69, 9.17) is 9.97 Å². The second kappa shape index (κ2) is 7.54. The second-order valence-electron chi connectivity index (χ2n) is 7.83. The number of aliphatic hydroxyl groups is 1. The van der Waals surface area contributed by atoms with Crippen molar-refractivity contribution in [1.82, 2.24) is 24.8 Å². The Bertz CT molecular complexity index is 982. The fourth-order valence-electron chi connectivity index (χ4n) is 4.13. The summed E-state index contributed by atoms with van der Waals surface area (Å²) in [6.07, 6.45) is 5.46. The molecule has 0 spiro atoms. The molecule has 0 aromatic carbocycles. The molecule has 150 valence electrons. The Kier molecular flexibility index (Phi) is 5.24. The van der Waals surface area contributed by atoms with Gasteiger partial charge in [-0.05, 0) is 64.3 Å². The molecule has 7 heteroatoms. The van der Waals surface area contributed by atoms with Crippen LogP contribution in [-0.4, -0.2) is 37.7 Å². The van der Waals surface area contributed by atoms with Crippen LogP contribution in [0.1, 0.15) is 61.7 Å². The van der Waals surface area contributed by atoms with Crippen LogP contribution >= 0.6 is 11.3 Å². The van der Waals surface area contributed by atoms with E-state index in [9.17, 15) is 5.11 Å². The number of piperidine rings is 1. The lowest BCUT2D eigenvalue weighted by Crippen LogP contribution is -2.39. The quantitative estimate of drug-likeness (QED) is 0.675. The van der Waals surface area contributed by atoms with Crippen molar-refractivity contribution in [2.45, 2.75) is 65.0 Å². The first-order chi connectivity index (χ1) is 13.5. The zero-order chi connectivity index (χ0) is 19.9. The molecule has 2 N–H and O–H groups in total. The minimum absolute atomic E-state index is 0.397. The Morgan fingerprint density at radius 1 is 1.21 bits per heavy atom. The maximum absolute atomic E-state index is 11.1. The largest absolute Gasteiger partial charge is 0.384 e. The molecule has 3 aromatic heterocycles. The van der Waals surface area contributed by atoms with Crippen LogP contribution < -0.4 is 5.32 Å². The van der Waals surface area contributed by atoms with E-state index in [1.165, 1.54) is 0 Å². The Morgan fingerprint density at radius 3 is 2.61 bits per heavy atom. The summed E-state index contributed by atoms with van der Waals surface area (Å²) < 4.78 is 2.16. The predicted octanol–water partition coefficient (Wildman–Crippen LogP) is 4.10. The van der Waals surface area contributed by atoms with Gasteiger partial charge in [-0.15, -0.1) is 11.3 Å². The molecule has 4 rings (SSSR count). The van der Waals surface area contributed by atoms with Gasteiger partial charge in [0.05, 0.1) is 16.9 Å². The van der Waals surface area contributed by atoms with Gasteiger partial charge in [0.25, 0.3) is 0 Å². The van der Waals surface area contributed by atoms with Gasteiger partial charge in [-0.1, -0.05) is 13.8 Å². The van der Waals surface area contributed by atoms with Crippen LogP contribution in [0.25, 0.3) is 21.9 Å². The molecule has 0 bridgehead atoms. The van der Waals surface area contributed by atoms with Crippen LogP contribution in [-0.2, 0) is 5.60 Å². The van der Waals surface area contributed by atoms with Crippen LogP contribution in [0.4, 0.5) is 0 Å². The summed E-state index contributed by atoms with van der Waals surface area (Å²) in [5.41, 5.74) is 3.76. The van der Waals surface area contributed by atoms with Crippen molar-refractivity contribution in [2.75, 3.05) is 13.1 Å². The molecule has 0 saturated carbocycles. The van der Waals surface area contributed by atoms with Crippen LogP contribution in [0.15, 0.2) is 12.4 Å². The number of aromatic nitrogens is 4. The van der Waals surface area contributed by atoms with Gasteiger partial charge in [-0.2, -0.15) is 0 Å². The predicted molar refractivity (Wildman–Crippen MR) is 114 cm³/mol. The number of hydrogen-bond donors (Lipinski definition) is 2. The van der Waals surface area contributed by atoms with E-state index in [1.807, 2.05) is 13.3 Å². The number of thiophene rings is 1. The molecule has 4 heterocycles. The van der Waals surface area contributed by atoms with Crippen molar-refractivity contribution in [3.8, 4) is 10.6 Å². The Morgan fingerprint density at radius 2 is 1.93 bits per heavy atom. The van der Waals surface area contributed by atoms with E-state index in [-0.39, 0.29) is 0 Å². The summed E-state index contributed by atoms with van der Waals surface area (Å²) in [4.78, 5) is 16.4. The van der Waals surface area contributed by atoms with Gasteiger partial charge in [-0.3, -0.25) is 0 Å². The number of nitrogens with zero attached hydrogens (tertiary/aromatic N) is 4. The smallest absolute Gasteiger partial charge is 0.198 e. The average Bonchev–Trinajstić information content (AvgIpc) is 3.27. The number of rotatable bonds is 5. The summed E-state index contributed by atoms with van der Waals surface area (Å²) in [7, 11) is 0. The van der Waals surface area contributed by atoms with E-state index in [2.05, 4.69) is 41.7 Å². The summed E-state index contributed by atoms with van der Waals surface area (Å²) in [5, 5.41) is 14.4. The van der Waals surface area contributed by atoms with Gasteiger partial charge in [0.1, 0.15) is 11.3 Å². The monoisotopic (exact) mass is 399 g/mol. The third-order valence-corrected chi connectivity index (χ3v) is 7.38. The van der Waals surface area contributed by atoms with Gasteiger partial charge in [0.15, 0.2) is 11.3 Å². The van der Waals surface area contributed by atoms with E-state index >= 15 is 0 Å². The highest BCUT2D eigenvalue weighted by molar-refractivity contribution is 7.15. The second-order valence-corrected chi connectivity index (χ2v) is 8.88. The first kappa shape index (κ1) is 19.5. The van der Waals surface area contributed by atoms with E-state index in [0.717, 1.165) is 71.1 Å².